The van der Waals surface area contributed by atoms with Crippen molar-refractivity contribution in [2.45, 2.75) is 72.3 Å². The molecule has 1 aliphatic rings. The van der Waals surface area contributed by atoms with E-state index in [0.29, 0.717) is 24.2 Å². The van der Waals surface area contributed by atoms with E-state index in [9.17, 15) is 4.79 Å². The second-order valence-electron chi connectivity index (χ2n) is 5.74. The van der Waals surface area contributed by atoms with Gasteiger partial charge in [-0.25, -0.2) is 0 Å². The van der Waals surface area contributed by atoms with Gasteiger partial charge >= 0.3 is 0 Å². The van der Waals surface area contributed by atoms with Crippen LogP contribution >= 0.6 is 0 Å². The maximum absolute atomic E-state index is 12.4. The Balaban J connectivity index is 2.78. The lowest BCUT2D eigenvalue weighted by atomic mass is 9.87. The summed E-state index contributed by atoms with van der Waals surface area (Å²) in [5, 5.41) is 0. The molecule has 1 atom stereocenters. The fourth-order valence-electron chi connectivity index (χ4n) is 2.36. The molecule has 108 valence electrons. The van der Waals surface area contributed by atoms with Crippen molar-refractivity contribution in [2.24, 2.45) is 5.92 Å². The standard InChI is InChI=1S/C17H29NO/c1-5-7-9-15-11-12-18(14(3)4)13-16(15)17(19)10-8-6-2/h11-15H,5-10H2,1-4H3/t15-/m1/s1. The van der Waals surface area contributed by atoms with Crippen molar-refractivity contribution in [1.29, 1.82) is 0 Å². The minimum absolute atomic E-state index is 0.333. The van der Waals surface area contributed by atoms with Crippen LogP contribution in [0, 0.1) is 5.92 Å². The van der Waals surface area contributed by atoms with Crippen molar-refractivity contribution in [3.63, 3.8) is 0 Å². The number of hydrogen-bond donors (Lipinski definition) is 0. The SMILES string of the molecule is CCCCC(=O)C1=CN(C(C)C)C=C[C@H]1CCCC. The van der Waals surface area contributed by atoms with Crippen LogP contribution in [0.1, 0.15) is 66.2 Å². The molecule has 0 N–H and O–H groups in total. The lowest BCUT2D eigenvalue weighted by Crippen LogP contribution is -2.26. The molecule has 0 amide bonds. The molecule has 0 saturated carbocycles. The van der Waals surface area contributed by atoms with Gasteiger partial charge < -0.3 is 4.90 Å². The molecule has 0 unspecified atom stereocenters. The fraction of sp³-hybridized carbons (Fsp3) is 0.706. The second-order valence-corrected chi connectivity index (χ2v) is 5.74. The normalized spacial score (nSPS) is 18.9. The van der Waals surface area contributed by atoms with Crippen LogP contribution in [0.3, 0.4) is 0 Å². The van der Waals surface area contributed by atoms with Crippen molar-refractivity contribution < 1.29 is 4.79 Å². The summed E-state index contributed by atoms with van der Waals surface area (Å²) in [5.74, 6) is 0.678. The number of carbonyl (C=O) groups is 1. The number of unbranched alkanes of at least 4 members (excludes halogenated alkanes) is 2. The maximum Gasteiger partial charge on any atom is 0.160 e. The number of Topliss-reactive ketones (excluding diaryl/α,β-unsaturated/α-hetero) is 1. The number of rotatable bonds is 8. The smallest absolute Gasteiger partial charge is 0.160 e. The van der Waals surface area contributed by atoms with Gasteiger partial charge in [0.15, 0.2) is 5.78 Å². The predicted molar refractivity (Wildman–Crippen MR) is 81.7 cm³/mol. The summed E-state index contributed by atoms with van der Waals surface area (Å²) < 4.78 is 0. The molecule has 2 heteroatoms. The van der Waals surface area contributed by atoms with E-state index in [0.717, 1.165) is 24.8 Å². The van der Waals surface area contributed by atoms with Crippen LogP contribution in [0.25, 0.3) is 0 Å². The molecule has 0 aromatic carbocycles. The summed E-state index contributed by atoms with van der Waals surface area (Å²) in [6, 6.07) is 0.414. The van der Waals surface area contributed by atoms with Gasteiger partial charge in [-0.05, 0) is 26.7 Å². The van der Waals surface area contributed by atoms with Crippen molar-refractivity contribution in [1.82, 2.24) is 4.90 Å². The minimum Gasteiger partial charge on any atom is -0.352 e. The number of allylic oxidation sites excluding steroid dienone is 2. The third kappa shape index (κ3) is 4.85. The van der Waals surface area contributed by atoms with Crippen LogP contribution in [0.5, 0.6) is 0 Å². The fourth-order valence-corrected chi connectivity index (χ4v) is 2.36. The first kappa shape index (κ1) is 16.0. The summed E-state index contributed by atoms with van der Waals surface area (Å²) >= 11 is 0. The topological polar surface area (TPSA) is 20.3 Å². The zero-order chi connectivity index (χ0) is 14.3. The van der Waals surface area contributed by atoms with Gasteiger partial charge in [-0.2, -0.15) is 0 Å². The zero-order valence-corrected chi connectivity index (χ0v) is 13.0. The summed E-state index contributed by atoms with van der Waals surface area (Å²) in [4.78, 5) is 14.5. The van der Waals surface area contributed by atoms with Gasteiger partial charge in [0.1, 0.15) is 0 Å². The third-order valence-electron chi connectivity index (χ3n) is 3.72. The Labute approximate surface area is 118 Å². The molecular weight excluding hydrogens is 234 g/mol. The molecular formula is C17H29NO. The zero-order valence-electron chi connectivity index (χ0n) is 13.0. The molecule has 0 aromatic rings. The first-order valence-corrected chi connectivity index (χ1v) is 7.80. The van der Waals surface area contributed by atoms with E-state index in [4.69, 9.17) is 0 Å². The molecule has 1 heterocycles. The molecule has 0 bridgehead atoms. The highest BCUT2D eigenvalue weighted by Crippen LogP contribution is 2.27. The predicted octanol–water partition coefficient (Wildman–Crippen LogP) is 4.67. The van der Waals surface area contributed by atoms with Gasteiger partial charge in [-0.1, -0.05) is 39.2 Å². The molecule has 1 rings (SSSR count). The highest BCUT2D eigenvalue weighted by atomic mass is 16.1. The van der Waals surface area contributed by atoms with Crippen LogP contribution in [-0.2, 0) is 4.79 Å². The van der Waals surface area contributed by atoms with Crippen molar-refractivity contribution >= 4 is 5.78 Å². The van der Waals surface area contributed by atoms with E-state index < -0.39 is 0 Å². The van der Waals surface area contributed by atoms with Crippen molar-refractivity contribution in [3.8, 4) is 0 Å². The Bertz CT molecular complexity index is 341. The molecule has 2 nitrogen and oxygen atoms in total. The molecule has 0 radical (unpaired) electrons. The van der Waals surface area contributed by atoms with Crippen molar-refractivity contribution in [2.75, 3.05) is 0 Å². The average Bonchev–Trinajstić information content (AvgIpc) is 2.42. The number of carbonyl (C=O) groups excluding carboxylic acids is 1. The Morgan fingerprint density at radius 2 is 1.95 bits per heavy atom. The quantitative estimate of drug-likeness (QED) is 0.634. The van der Waals surface area contributed by atoms with Gasteiger partial charge in [-0.15, -0.1) is 0 Å². The molecule has 0 saturated heterocycles. The Morgan fingerprint density at radius 1 is 1.26 bits per heavy atom. The minimum atomic E-state index is 0.333. The highest BCUT2D eigenvalue weighted by molar-refractivity contribution is 5.96. The molecule has 0 aromatic heterocycles. The van der Waals surface area contributed by atoms with Crippen LogP contribution in [0.2, 0.25) is 0 Å². The van der Waals surface area contributed by atoms with Crippen molar-refractivity contribution in [3.05, 3.63) is 24.0 Å². The molecule has 0 spiro atoms. The van der Waals surface area contributed by atoms with Crippen LogP contribution in [0.15, 0.2) is 24.0 Å². The monoisotopic (exact) mass is 263 g/mol. The lowest BCUT2D eigenvalue weighted by molar-refractivity contribution is -0.116. The number of hydrogen-bond acceptors (Lipinski definition) is 2. The third-order valence-corrected chi connectivity index (χ3v) is 3.72. The summed E-state index contributed by atoms with van der Waals surface area (Å²) in [7, 11) is 0. The van der Waals surface area contributed by atoms with E-state index in [2.05, 4.69) is 51.1 Å². The van der Waals surface area contributed by atoms with Gasteiger partial charge in [0.25, 0.3) is 0 Å². The van der Waals surface area contributed by atoms with E-state index in [-0.39, 0.29) is 0 Å². The van der Waals surface area contributed by atoms with Gasteiger partial charge in [0, 0.05) is 36.4 Å². The Kier molecular flexibility index (Phi) is 6.90. The maximum atomic E-state index is 12.4. The molecule has 19 heavy (non-hydrogen) atoms. The number of nitrogens with zero attached hydrogens (tertiary/aromatic N) is 1. The van der Waals surface area contributed by atoms with Crippen LogP contribution < -0.4 is 0 Å². The average molecular weight is 263 g/mol. The lowest BCUT2D eigenvalue weighted by Gasteiger charge is -2.29. The Hall–Kier alpha value is -1.05. The van der Waals surface area contributed by atoms with Crippen LogP contribution in [0.4, 0.5) is 0 Å². The summed E-state index contributed by atoms with van der Waals surface area (Å²) in [6.45, 7) is 8.65. The molecule has 0 fully saturated rings. The summed E-state index contributed by atoms with van der Waals surface area (Å²) in [6.07, 6.45) is 12.7. The first-order valence-electron chi connectivity index (χ1n) is 7.80. The number of ketones is 1. The molecule has 1 aliphatic heterocycles. The largest absolute Gasteiger partial charge is 0.352 e. The van der Waals surface area contributed by atoms with Gasteiger partial charge in [0.2, 0.25) is 0 Å². The van der Waals surface area contributed by atoms with E-state index >= 15 is 0 Å². The van der Waals surface area contributed by atoms with Crippen LogP contribution in [-0.4, -0.2) is 16.7 Å². The Morgan fingerprint density at radius 3 is 2.53 bits per heavy atom. The summed E-state index contributed by atoms with van der Waals surface area (Å²) in [5.41, 5.74) is 1.03. The first-order chi connectivity index (χ1) is 9.10. The molecule has 0 aliphatic carbocycles. The van der Waals surface area contributed by atoms with E-state index in [1.54, 1.807) is 0 Å². The van der Waals surface area contributed by atoms with E-state index in [1.165, 1.54) is 12.8 Å². The highest BCUT2D eigenvalue weighted by Gasteiger charge is 2.22. The van der Waals surface area contributed by atoms with Gasteiger partial charge in [-0.3, -0.25) is 4.79 Å². The second kappa shape index (κ2) is 8.19. The van der Waals surface area contributed by atoms with Gasteiger partial charge in [0.05, 0.1) is 0 Å². The van der Waals surface area contributed by atoms with E-state index in [1.807, 2.05) is 0 Å².